The van der Waals surface area contributed by atoms with E-state index in [0.717, 1.165) is 24.9 Å². The average Bonchev–Trinajstić information content (AvgIpc) is 2.56. The Morgan fingerprint density at radius 2 is 1.79 bits per heavy atom. The molecule has 1 fully saturated rings. The van der Waals surface area contributed by atoms with Crippen LogP contribution >= 0.6 is 0 Å². The van der Waals surface area contributed by atoms with Crippen LogP contribution in [0.1, 0.15) is 29.5 Å². The first-order valence-corrected chi connectivity index (χ1v) is 8.45. The molecule has 0 heterocycles. The Balaban J connectivity index is 1.31. The summed E-state index contributed by atoms with van der Waals surface area (Å²) in [5, 5.41) is 6.45. The van der Waals surface area contributed by atoms with Crippen LogP contribution in [0.15, 0.2) is 54.6 Å². The molecule has 1 amide bonds. The van der Waals surface area contributed by atoms with E-state index in [-0.39, 0.29) is 12.1 Å². The molecular formula is C20H24N2O2. The smallest absolute Gasteiger partial charge is 0.407 e. The van der Waals surface area contributed by atoms with Gasteiger partial charge in [-0.3, -0.25) is 0 Å². The molecule has 1 saturated carbocycles. The number of ether oxygens (including phenoxy) is 1. The van der Waals surface area contributed by atoms with Gasteiger partial charge in [0.1, 0.15) is 6.61 Å². The van der Waals surface area contributed by atoms with E-state index in [9.17, 15) is 4.79 Å². The molecule has 0 bridgehead atoms. The van der Waals surface area contributed by atoms with Crippen molar-refractivity contribution in [3.05, 3.63) is 71.3 Å². The highest BCUT2D eigenvalue weighted by molar-refractivity contribution is 5.67. The minimum atomic E-state index is -0.332. The molecule has 4 nitrogen and oxygen atoms in total. The normalized spacial score (nSPS) is 19.4. The van der Waals surface area contributed by atoms with E-state index < -0.39 is 0 Å². The lowest BCUT2D eigenvalue weighted by Crippen LogP contribution is -2.52. The van der Waals surface area contributed by atoms with Crippen molar-refractivity contribution in [1.82, 2.24) is 10.6 Å². The lowest BCUT2D eigenvalue weighted by Gasteiger charge is -2.36. The van der Waals surface area contributed by atoms with Crippen LogP contribution in [0.5, 0.6) is 0 Å². The Morgan fingerprint density at radius 1 is 1.04 bits per heavy atom. The SMILES string of the molecule is Cc1cccc(CNC2CC(NC(=O)OCc3ccccc3)C2)c1. The highest BCUT2D eigenvalue weighted by atomic mass is 16.5. The number of amides is 1. The molecule has 2 aromatic carbocycles. The molecule has 4 heteroatoms. The molecule has 24 heavy (non-hydrogen) atoms. The second-order valence-electron chi connectivity index (χ2n) is 6.44. The van der Waals surface area contributed by atoms with Crippen LogP contribution < -0.4 is 10.6 Å². The largest absolute Gasteiger partial charge is 0.445 e. The minimum Gasteiger partial charge on any atom is -0.445 e. The fraction of sp³-hybridized carbons (Fsp3) is 0.350. The van der Waals surface area contributed by atoms with E-state index in [1.165, 1.54) is 11.1 Å². The monoisotopic (exact) mass is 324 g/mol. The number of nitrogens with one attached hydrogen (secondary N) is 2. The van der Waals surface area contributed by atoms with Crippen LogP contribution in [0.3, 0.4) is 0 Å². The zero-order valence-corrected chi connectivity index (χ0v) is 14.0. The van der Waals surface area contributed by atoms with Gasteiger partial charge < -0.3 is 15.4 Å². The van der Waals surface area contributed by atoms with Gasteiger partial charge in [0.2, 0.25) is 0 Å². The van der Waals surface area contributed by atoms with E-state index >= 15 is 0 Å². The second kappa shape index (κ2) is 7.97. The molecule has 1 aliphatic carbocycles. The van der Waals surface area contributed by atoms with Crippen LogP contribution in [0.4, 0.5) is 4.79 Å². The number of hydrogen-bond acceptors (Lipinski definition) is 3. The maximum atomic E-state index is 11.8. The Morgan fingerprint density at radius 3 is 2.54 bits per heavy atom. The summed E-state index contributed by atoms with van der Waals surface area (Å²) in [5.74, 6) is 0. The third-order valence-corrected chi connectivity index (χ3v) is 4.35. The van der Waals surface area contributed by atoms with E-state index in [0.29, 0.717) is 12.6 Å². The lowest BCUT2D eigenvalue weighted by molar-refractivity contribution is 0.125. The van der Waals surface area contributed by atoms with Crippen molar-refractivity contribution < 1.29 is 9.53 Å². The van der Waals surface area contributed by atoms with E-state index in [2.05, 4.69) is 41.8 Å². The van der Waals surface area contributed by atoms with Crippen molar-refractivity contribution >= 4 is 6.09 Å². The topological polar surface area (TPSA) is 50.4 Å². The van der Waals surface area contributed by atoms with Crippen molar-refractivity contribution in [2.45, 2.75) is 45.0 Å². The van der Waals surface area contributed by atoms with Crippen LogP contribution in [-0.2, 0) is 17.9 Å². The molecule has 0 atom stereocenters. The molecule has 0 spiro atoms. The van der Waals surface area contributed by atoms with Crippen molar-refractivity contribution in [2.24, 2.45) is 0 Å². The molecule has 0 aromatic heterocycles. The quantitative estimate of drug-likeness (QED) is 0.854. The van der Waals surface area contributed by atoms with E-state index in [4.69, 9.17) is 4.74 Å². The Kier molecular flexibility index (Phi) is 5.49. The number of rotatable bonds is 6. The summed E-state index contributed by atoms with van der Waals surface area (Å²) in [5.41, 5.74) is 3.58. The van der Waals surface area contributed by atoms with E-state index in [1.54, 1.807) is 0 Å². The van der Waals surface area contributed by atoms with Crippen molar-refractivity contribution in [3.8, 4) is 0 Å². The zero-order valence-electron chi connectivity index (χ0n) is 14.0. The number of carbonyl (C=O) groups is 1. The minimum absolute atomic E-state index is 0.211. The molecule has 126 valence electrons. The van der Waals surface area contributed by atoms with Gasteiger partial charge in [0.15, 0.2) is 0 Å². The molecule has 0 unspecified atom stereocenters. The highest BCUT2D eigenvalue weighted by Gasteiger charge is 2.30. The summed E-state index contributed by atoms with van der Waals surface area (Å²) in [6, 6.07) is 18.9. The summed E-state index contributed by atoms with van der Waals surface area (Å²) in [6.07, 6.45) is 1.57. The molecule has 3 rings (SSSR count). The lowest BCUT2D eigenvalue weighted by atomic mass is 9.86. The molecule has 2 N–H and O–H groups in total. The standard InChI is InChI=1S/C20H24N2O2/c1-15-6-5-9-17(10-15)13-21-18-11-19(12-18)22-20(23)24-14-16-7-3-2-4-8-16/h2-10,18-19,21H,11-14H2,1H3,(H,22,23). The first kappa shape index (κ1) is 16.5. The Labute approximate surface area is 143 Å². The van der Waals surface area contributed by atoms with Crippen molar-refractivity contribution in [2.75, 3.05) is 0 Å². The third kappa shape index (κ3) is 4.83. The van der Waals surface area contributed by atoms with Gasteiger partial charge in [-0.1, -0.05) is 60.2 Å². The van der Waals surface area contributed by atoms with Gasteiger partial charge in [-0.25, -0.2) is 4.79 Å². The third-order valence-electron chi connectivity index (χ3n) is 4.35. The van der Waals surface area contributed by atoms with Gasteiger partial charge in [0, 0.05) is 18.6 Å². The van der Waals surface area contributed by atoms with Gasteiger partial charge in [-0.05, 0) is 30.9 Å². The van der Waals surface area contributed by atoms with Gasteiger partial charge in [-0.15, -0.1) is 0 Å². The number of carbonyl (C=O) groups excluding carboxylic acids is 1. The van der Waals surface area contributed by atoms with Gasteiger partial charge in [0.25, 0.3) is 0 Å². The Hall–Kier alpha value is -2.33. The summed E-state index contributed by atoms with van der Waals surface area (Å²) in [7, 11) is 0. The first-order valence-electron chi connectivity index (χ1n) is 8.45. The van der Waals surface area contributed by atoms with E-state index in [1.807, 2.05) is 30.3 Å². The van der Waals surface area contributed by atoms with Gasteiger partial charge in [-0.2, -0.15) is 0 Å². The molecule has 1 aliphatic rings. The summed E-state index contributed by atoms with van der Waals surface area (Å²) in [4.78, 5) is 11.8. The summed E-state index contributed by atoms with van der Waals surface area (Å²) < 4.78 is 5.24. The van der Waals surface area contributed by atoms with Gasteiger partial charge in [0.05, 0.1) is 0 Å². The van der Waals surface area contributed by atoms with Crippen LogP contribution in [0.25, 0.3) is 0 Å². The Bertz CT molecular complexity index is 666. The molecule has 0 aliphatic heterocycles. The van der Waals surface area contributed by atoms with Gasteiger partial charge >= 0.3 is 6.09 Å². The predicted octanol–water partition coefficient (Wildman–Crippen LogP) is 3.54. The second-order valence-corrected chi connectivity index (χ2v) is 6.44. The zero-order chi connectivity index (χ0) is 16.8. The first-order chi connectivity index (χ1) is 11.7. The number of hydrogen-bond donors (Lipinski definition) is 2. The predicted molar refractivity (Wildman–Crippen MR) is 94.6 cm³/mol. The maximum absolute atomic E-state index is 11.8. The fourth-order valence-electron chi connectivity index (χ4n) is 2.92. The number of alkyl carbamates (subject to hydrolysis) is 1. The fourth-order valence-corrected chi connectivity index (χ4v) is 2.92. The number of aryl methyl sites for hydroxylation is 1. The summed E-state index contributed by atoms with van der Waals surface area (Å²) in [6.45, 7) is 3.29. The molecule has 2 aromatic rings. The molecule has 0 radical (unpaired) electrons. The highest BCUT2D eigenvalue weighted by Crippen LogP contribution is 2.20. The molecule has 0 saturated heterocycles. The molecular weight excluding hydrogens is 300 g/mol. The van der Waals surface area contributed by atoms with Crippen molar-refractivity contribution in [1.29, 1.82) is 0 Å². The summed E-state index contributed by atoms with van der Waals surface area (Å²) >= 11 is 0. The maximum Gasteiger partial charge on any atom is 0.407 e. The van der Waals surface area contributed by atoms with Crippen LogP contribution in [0, 0.1) is 6.92 Å². The number of benzene rings is 2. The van der Waals surface area contributed by atoms with Crippen LogP contribution in [0.2, 0.25) is 0 Å². The van der Waals surface area contributed by atoms with Crippen LogP contribution in [-0.4, -0.2) is 18.2 Å². The van der Waals surface area contributed by atoms with Crippen molar-refractivity contribution in [3.63, 3.8) is 0 Å². The average molecular weight is 324 g/mol.